The number of hydrogen-bond acceptors (Lipinski definition) is 3. The van der Waals surface area contributed by atoms with E-state index >= 15 is 0 Å². The molecule has 24 heavy (non-hydrogen) atoms. The van der Waals surface area contributed by atoms with Crippen LogP contribution in [-0.4, -0.2) is 19.7 Å². The van der Waals surface area contributed by atoms with Crippen LogP contribution in [0.15, 0.2) is 48.5 Å². The van der Waals surface area contributed by atoms with Crippen molar-refractivity contribution in [2.45, 2.75) is 31.3 Å². The van der Waals surface area contributed by atoms with E-state index in [1.54, 1.807) is 0 Å². The largest absolute Gasteiger partial charge is 0.354 e. The van der Waals surface area contributed by atoms with Crippen molar-refractivity contribution in [3.63, 3.8) is 0 Å². The second-order valence-electron chi connectivity index (χ2n) is 6.23. The Morgan fingerprint density at radius 2 is 1.96 bits per heavy atom. The Morgan fingerprint density at radius 1 is 1.12 bits per heavy atom. The number of halogens is 1. The van der Waals surface area contributed by atoms with Gasteiger partial charge in [0.05, 0.1) is 18.6 Å². The Labute approximate surface area is 147 Å². The molecule has 0 bridgehead atoms. The van der Waals surface area contributed by atoms with Gasteiger partial charge in [-0.25, -0.2) is 0 Å². The first-order valence-electron chi connectivity index (χ1n) is 8.18. The summed E-state index contributed by atoms with van der Waals surface area (Å²) in [7, 11) is 0. The maximum atomic E-state index is 11.9. The second-order valence-corrected chi connectivity index (χ2v) is 6.67. The number of carbonyl (C=O) groups excluding carboxylic acids is 1. The van der Waals surface area contributed by atoms with Crippen molar-refractivity contribution in [1.82, 2.24) is 0 Å². The molecule has 2 aromatic rings. The number of aldehydes is 1. The van der Waals surface area contributed by atoms with Crippen molar-refractivity contribution in [3.05, 3.63) is 70.2 Å². The highest BCUT2D eigenvalue weighted by Crippen LogP contribution is 2.37. The number of fused-ring (bicyclic) bond motifs is 1. The maximum Gasteiger partial charge on any atom is 0.147 e. The number of ether oxygens (including phenoxy) is 2. The third-order valence-corrected chi connectivity index (χ3v) is 4.77. The lowest BCUT2D eigenvalue weighted by Gasteiger charge is -2.34. The van der Waals surface area contributed by atoms with Crippen LogP contribution in [0.2, 0.25) is 5.02 Å². The van der Waals surface area contributed by atoms with Gasteiger partial charge >= 0.3 is 0 Å². The van der Waals surface area contributed by atoms with Crippen LogP contribution in [0.25, 0.3) is 0 Å². The van der Waals surface area contributed by atoms with Gasteiger partial charge in [0.1, 0.15) is 13.1 Å². The normalized spacial score (nSPS) is 19.7. The molecule has 0 amide bonds. The van der Waals surface area contributed by atoms with Gasteiger partial charge in [-0.2, -0.15) is 0 Å². The number of benzene rings is 2. The van der Waals surface area contributed by atoms with Crippen molar-refractivity contribution in [3.8, 4) is 0 Å². The van der Waals surface area contributed by atoms with Crippen LogP contribution in [0.1, 0.15) is 29.5 Å². The van der Waals surface area contributed by atoms with E-state index in [9.17, 15) is 4.79 Å². The monoisotopic (exact) mass is 344 g/mol. The van der Waals surface area contributed by atoms with Gasteiger partial charge in [-0.05, 0) is 48.1 Å². The molecular weight excluding hydrogens is 324 g/mol. The van der Waals surface area contributed by atoms with E-state index in [1.165, 1.54) is 0 Å². The lowest BCUT2D eigenvalue weighted by atomic mass is 9.71. The topological polar surface area (TPSA) is 35.5 Å². The fourth-order valence-corrected chi connectivity index (χ4v) is 3.50. The van der Waals surface area contributed by atoms with E-state index in [0.29, 0.717) is 18.2 Å². The fraction of sp³-hybridized carbons (Fsp3) is 0.350. The van der Waals surface area contributed by atoms with Crippen LogP contribution in [0.3, 0.4) is 0 Å². The molecule has 0 spiro atoms. The van der Waals surface area contributed by atoms with Crippen molar-refractivity contribution in [2.24, 2.45) is 0 Å². The SMILES string of the molecule is O=CC1(COCOCc2ccccc2)CCCc2cc(Cl)ccc21. The molecule has 0 saturated heterocycles. The van der Waals surface area contributed by atoms with Crippen molar-refractivity contribution >= 4 is 17.9 Å². The highest BCUT2D eigenvalue weighted by molar-refractivity contribution is 6.30. The summed E-state index contributed by atoms with van der Waals surface area (Å²) in [6.07, 6.45) is 3.73. The Morgan fingerprint density at radius 3 is 2.75 bits per heavy atom. The summed E-state index contributed by atoms with van der Waals surface area (Å²) in [5.41, 5.74) is 2.70. The molecule has 1 unspecified atom stereocenters. The summed E-state index contributed by atoms with van der Waals surface area (Å²) in [5, 5.41) is 0.711. The number of rotatable bonds is 7. The molecule has 0 heterocycles. The third kappa shape index (κ3) is 3.86. The Balaban J connectivity index is 1.58. The summed E-state index contributed by atoms with van der Waals surface area (Å²) in [6.45, 7) is 1.01. The first kappa shape index (κ1) is 17.2. The summed E-state index contributed by atoms with van der Waals surface area (Å²) < 4.78 is 11.2. The molecule has 0 aromatic heterocycles. The van der Waals surface area contributed by atoms with Gasteiger partial charge in [0.15, 0.2) is 0 Å². The average Bonchev–Trinajstić information content (AvgIpc) is 2.62. The molecule has 1 atom stereocenters. The molecule has 3 nitrogen and oxygen atoms in total. The minimum Gasteiger partial charge on any atom is -0.354 e. The minimum absolute atomic E-state index is 0.174. The Hall–Kier alpha value is -1.68. The highest BCUT2D eigenvalue weighted by atomic mass is 35.5. The van der Waals surface area contributed by atoms with E-state index in [2.05, 4.69) is 0 Å². The van der Waals surface area contributed by atoms with Crippen LogP contribution in [0.5, 0.6) is 0 Å². The second kappa shape index (κ2) is 7.93. The summed E-state index contributed by atoms with van der Waals surface area (Å²) >= 11 is 6.08. The molecule has 2 aromatic carbocycles. The number of hydrogen-bond donors (Lipinski definition) is 0. The molecule has 0 saturated carbocycles. The van der Waals surface area contributed by atoms with E-state index in [4.69, 9.17) is 21.1 Å². The summed E-state index contributed by atoms with van der Waals surface area (Å²) in [6, 6.07) is 15.7. The van der Waals surface area contributed by atoms with Crippen LogP contribution >= 0.6 is 11.6 Å². The molecule has 1 aliphatic rings. The summed E-state index contributed by atoms with van der Waals surface area (Å²) in [5.74, 6) is 0. The molecule has 0 N–H and O–H groups in total. The van der Waals surface area contributed by atoms with Crippen LogP contribution in [-0.2, 0) is 32.7 Å². The molecule has 0 radical (unpaired) electrons. The zero-order valence-electron chi connectivity index (χ0n) is 13.5. The third-order valence-electron chi connectivity index (χ3n) is 4.54. The molecule has 0 aliphatic heterocycles. The first-order valence-corrected chi connectivity index (χ1v) is 8.56. The van der Waals surface area contributed by atoms with Crippen LogP contribution in [0.4, 0.5) is 0 Å². The standard InChI is InChI=1S/C20H21ClO3/c21-18-8-9-19-17(11-18)7-4-10-20(19,13-22)14-24-15-23-12-16-5-2-1-3-6-16/h1-3,5-6,8-9,11,13H,4,7,10,12,14-15H2. The molecule has 126 valence electrons. The maximum absolute atomic E-state index is 11.9. The van der Waals surface area contributed by atoms with Gasteiger partial charge in [0, 0.05) is 5.02 Å². The zero-order chi connectivity index (χ0) is 16.8. The Kier molecular flexibility index (Phi) is 5.67. The van der Waals surface area contributed by atoms with Crippen molar-refractivity contribution in [1.29, 1.82) is 0 Å². The smallest absolute Gasteiger partial charge is 0.147 e. The lowest BCUT2D eigenvalue weighted by Crippen LogP contribution is -2.37. The predicted octanol–water partition coefficient (Wildman–Crippen LogP) is 4.30. The lowest BCUT2D eigenvalue weighted by molar-refractivity contribution is -0.120. The number of aryl methyl sites for hydroxylation is 1. The number of carbonyl (C=O) groups is 1. The predicted molar refractivity (Wildman–Crippen MR) is 94.2 cm³/mol. The van der Waals surface area contributed by atoms with Gasteiger partial charge in [-0.15, -0.1) is 0 Å². The fourth-order valence-electron chi connectivity index (χ4n) is 3.31. The van der Waals surface area contributed by atoms with Gasteiger partial charge in [-0.3, -0.25) is 0 Å². The van der Waals surface area contributed by atoms with Gasteiger partial charge in [0.2, 0.25) is 0 Å². The Bertz CT molecular complexity index is 687. The van der Waals surface area contributed by atoms with E-state index in [1.807, 2.05) is 48.5 Å². The highest BCUT2D eigenvalue weighted by Gasteiger charge is 2.36. The van der Waals surface area contributed by atoms with Crippen LogP contribution < -0.4 is 0 Å². The van der Waals surface area contributed by atoms with Crippen LogP contribution in [0, 0.1) is 0 Å². The minimum atomic E-state index is -0.589. The van der Waals surface area contributed by atoms with E-state index in [-0.39, 0.29) is 6.79 Å². The van der Waals surface area contributed by atoms with Gasteiger partial charge < -0.3 is 14.3 Å². The molecular formula is C20H21ClO3. The molecule has 3 rings (SSSR count). The molecule has 1 aliphatic carbocycles. The average molecular weight is 345 g/mol. The molecule has 4 heteroatoms. The van der Waals surface area contributed by atoms with Gasteiger partial charge in [0.25, 0.3) is 0 Å². The van der Waals surface area contributed by atoms with Gasteiger partial charge in [-0.1, -0.05) is 48.0 Å². The van der Waals surface area contributed by atoms with Crippen molar-refractivity contribution < 1.29 is 14.3 Å². The van der Waals surface area contributed by atoms with E-state index < -0.39 is 5.41 Å². The quantitative estimate of drug-likeness (QED) is 0.426. The van der Waals surface area contributed by atoms with E-state index in [0.717, 1.165) is 42.2 Å². The molecule has 0 fully saturated rings. The van der Waals surface area contributed by atoms with Crippen molar-refractivity contribution in [2.75, 3.05) is 13.4 Å². The summed E-state index contributed by atoms with van der Waals surface area (Å²) in [4.78, 5) is 11.9. The first-order chi connectivity index (χ1) is 11.7. The zero-order valence-corrected chi connectivity index (χ0v) is 14.3.